The first-order valence-electron chi connectivity index (χ1n) is 8.25. The Hall–Kier alpha value is -2.05. The van der Waals surface area contributed by atoms with Crippen molar-refractivity contribution in [2.45, 2.75) is 31.1 Å². The Morgan fingerprint density at radius 1 is 1.29 bits per heavy atom. The molecule has 2 fully saturated rings. The molecule has 1 aliphatic heterocycles. The number of ether oxygens (including phenoxy) is 3. The van der Waals surface area contributed by atoms with Crippen molar-refractivity contribution in [1.29, 1.82) is 0 Å². The molecule has 1 aromatic carbocycles. The van der Waals surface area contributed by atoms with Gasteiger partial charge >= 0.3 is 0 Å². The summed E-state index contributed by atoms with van der Waals surface area (Å²) in [6.07, 6.45) is 1.80. The number of nitrogens with zero attached hydrogens (tertiary/aromatic N) is 1. The van der Waals surface area contributed by atoms with Crippen LogP contribution >= 0.6 is 0 Å². The molecule has 1 saturated heterocycles. The third-order valence-electron chi connectivity index (χ3n) is 5.04. The van der Waals surface area contributed by atoms with Gasteiger partial charge in [-0.2, -0.15) is 0 Å². The van der Waals surface area contributed by atoms with Crippen LogP contribution in [0.4, 0.5) is 0 Å². The van der Waals surface area contributed by atoms with Gasteiger partial charge in [-0.3, -0.25) is 4.79 Å². The number of carbonyl (C=O) groups excluding carboxylic acids is 1. The Bertz CT molecular complexity index is 755. The van der Waals surface area contributed by atoms with E-state index in [2.05, 4.69) is 0 Å². The molecular formula is C18H21NO5. The number of hydrogen-bond donors (Lipinski definition) is 0. The van der Waals surface area contributed by atoms with E-state index in [9.17, 15) is 4.79 Å². The van der Waals surface area contributed by atoms with Crippen molar-refractivity contribution in [2.24, 2.45) is 0 Å². The first-order valence-corrected chi connectivity index (χ1v) is 8.25. The molecule has 1 aromatic heterocycles. The van der Waals surface area contributed by atoms with Gasteiger partial charge in [0.05, 0.1) is 25.9 Å². The fourth-order valence-corrected chi connectivity index (χ4v) is 3.86. The zero-order valence-electron chi connectivity index (χ0n) is 13.9. The van der Waals surface area contributed by atoms with Gasteiger partial charge in [0.2, 0.25) is 0 Å². The minimum Gasteiger partial charge on any atom is -0.493 e. The second kappa shape index (κ2) is 6.11. The van der Waals surface area contributed by atoms with Gasteiger partial charge in [-0.25, -0.2) is 0 Å². The van der Waals surface area contributed by atoms with Crippen LogP contribution in [-0.4, -0.2) is 56.4 Å². The third-order valence-corrected chi connectivity index (χ3v) is 5.04. The van der Waals surface area contributed by atoms with E-state index in [0.717, 1.165) is 18.2 Å². The molecular weight excluding hydrogens is 310 g/mol. The SMILES string of the molecule is COc1cccc2cc(C(=O)N3CCO[C@H]4[C@H](OC)CC[C@@H]43)oc12. The summed E-state index contributed by atoms with van der Waals surface area (Å²) in [5, 5.41) is 0.865. The van der Waals surface area contributed by atoms with Crippen LogP contribution in [-0.2, 0) is 9.47 Å². The summed E-state index contributed by atoms with van der Waals surface area (Å²) in [6.45, 7) is 1.10. The average Bonchev–Trinajstić information content (AvgIpc) is 3.24. The Kier molecular flexibility index (Phi) is 3.94. The quantitative estimate of drug-likeness (QED) is 0.864. The van der Waals surface area contributed by atoms with Gasteiger partial charge in [0.1, 0.15) is 6.10 Å². The van der Waals surface area contributed by atoms with Crippen molar-refractivity contribution in [3.8, 4) is 5.75 Å². The van der Waals surface area contributed by atoms with Gasteiger partial charge in [0, 0.05) is 19.0 Å². The minimum atomic E-state index is -0.0942. The van der Waals surface area contributed by atoms with Crippen molar-refractivity contribution in [2.75, 3.05) is 27.4 Å². The summed E-state index contributed by atoms with van der Waals surface area (Å²) in [6, 6.07) is 7.46. The monoisotopic (exact) mass is 331 g/mol. The van der Waals surface area contributed by atoms with Gasteiger partial charge in [-0.05, 0) is 25.0 Å². The van der Waals surface area contributed by atoms with Crippen molar-refractivity contribution in [3.63, 3.8) is 0 Å². The van der Waals surface area contributed by atoms with E-state index < -0.39 is 0 Å². The summed E-state index contributed by atoms with van der Waals surface area (Å²) in [5.41, 5.74) is 0.606. The van der Waals surface area contributed by atoms with Crippen LogP contribution < -0.4 is 4.74 Å². The molecule has 6 heteroatoms. The standard InChI is InChI=1S/C18H21NO5/c1-21-13-5-3-4-11-10-15(24-16(11)13)18(20)19-8-9-23-17-12(19)6-7-14(17)22-2/h3-5,10,12,14,17H,6-9H2,1-2H3/t12-,14+,17+/m0/s1. The van der Waals surface area contributed by atoms with E-state index in [1.807, 2.05) is 23.1 Å². The van der Waals surface area contributed by atoms with Crippen LogP contribution in [0.25, 0.3) is 11.0 Å². The lowest BCUT2D eigenvalue weighted by atomic mass is 10.1. The Morgan fingerprint density at radius 2 is 2.17 bits per heavy atom. The van der Waals surface area contributed by atoms with Gasteiger partial charge in [0.25, 0.3) is 5.91 Å². The molecule has 0 radical (unpaired) electrons. The first-order chi connectivity index (χ1) is 11.7. The summed E-state index contributed by atoms with van der Waals surface area (Å²) in [7, 11) is 3.29. The molecule has 0 bridgehead atoms. The molecule has 4 rings (SSSR count). The minimum absolute atomic E-state index is 0.0475. The fraction of sp³-hybridized carbons (Fsp3) is 0.500. The number of fused-ring (bicyclic) bond motifs is 2. The molecule has 1 saturated carbocycles. The maximum atomic E-state index is 13.0. The molecule has 2 aromatic rings. The number of morpholine rings is 1. The molecule has 1 aliphatic carbocycles. The number of furan rings is 1. The maximum Gasteiger partial charge on any atom is 0.290 e. The lowest BCUT2D eigenvalue weighted by Crippen LogP contribution is -2.53. The number of benzene rings is 1. The number of para-hydroxylation sites is 1. The number of methoxy groups -OCH3 is 2. The summed E-state index contributed by atoms with van der Waals surface area (Å²) < 4.78 is 22.5. The smallest absolute Gasteiger partial charge is 0.290 e. The predicted molar refractivity (Wildman–Crippen MR) is 87.4 cm³/mol. The molecule has 128 valence electrons. The first kappa shape index (κ1) is 15.5. The second-order valence-electron chi connectivity index (χ2n) is 6.24. The Balaban J connectivity index is 1.64. The van der Waals surface area contributed by atoms with E-state index >= 15 is 0 Å². The van der Waals surface area contributed by atoms with E-state index in [1.54, 1.807) is 20.3 Å². The Morgan fingerprint density at radius 3 is 2.96 bits per heavy atom. The van der Waals surface area contributed by atoms with Crippen LogP contribution in [0.2, 0.25) is 0 Å². The van der Waals surface area contributed by atoms with E-state index in [0.29, 0.717) is 30.2 Å². The lowest BCUT2D eigenvalue weighted by Gasteiger charge is -2.38. The number of amides is 1. The van der Waals surface area contributed by atoms with Crippen LogP contribution in [0, 0.1) is 0 Å². The number of rotatable bonds is 3. The summed E-state index contributed by atoms with van der Waals surface area (Å²) >= 11 is 0. The van der Waals surface area contributed by atoms with Crippen molar-refractivity contribution < 1.29 is 23.4 Å². The largest absolute Gasteiger partial charge is 0.493 e. The molecule has 0 unspecified atom stereocenters. The van der Waals surface area contributed by atoms with Gasteiger partial charge < -0.3 is 23.5 Å². The second-order valence-corrected chi connectivity index (χ2v) is 6.24. The van der Waals surface area contributed by atoms with Crippen molar-refractivity contribution >= 4 is 16.9 Å². The highest BCUT2D eigenvalue weighted by Gasteiger charge is 2.45. The number of hydrogen-bond acceptors (Lipinski definition) is 5. The number of carbonyl (C=O) groups is 1. The van der Waals surface area contributed by atoms with Gasteiger partial charge in [-0.15, -0.1) is 0 Å². The van der Waals surface area contributed by atoms with Crippen LogP contribution in [0.15, 0.2) is 28.7 Å². The molecule has 0 N–H and O–H groups in total. The normalized spacial score (nSPS) is 26.6. The summed E-state index contributed by atoms with van der Waals surface area (Å²) in [4.78, 5) is 14.9. The highest BCUT2D eigenvalue weighted by molar-refractivity contribution is 5.97. The maximum absolute atomic E-state index is 13.0. The van der Waals surface area contributed by atoms with Crippen LogP contribution in [0.5, 0.6) is 5.75 Å². The topological polar surface area (TPSA) is 61.1 Å². The van der Waals surface area contributed by atoms with E-state index in [-0.39, 0.29) is 24.2 Å². The predicted octanol–water partition coefficient (Wildman–Crippen LogP) is 2.46. The van der Waals surface area contributed by atoms with Crippen LogP contribution in [0.1, 0.15) is 23.4 Å². The molecule has 2 aliphatic rings. The molecule has 0 spiro atoms. The third kappa shape index (κ3) is 2.37. The molecule has 3 atom stereocenters. The highest BCUT2D eigenvalue weighted by Crippen LogP contribution is 2.34. The van der Waals surface area contributed by atoms with Crippen molar-refractivity contribution in [3.05, 3.63) is 30.0 Å². The van der Waals surface area contributed by atoms with Gasteiger partial charge in [0.15, 0.2) is 17.1 Å². The van der Waals surface area contributed by atoms with E-state index in [1.165, 1.54) is 0 Å². The summed E-state index contributed by atoms with van der Waals surface area (Å²) in [5.74, 6) is 0.881. The Labute approximate surface area is 140 Å². The fourth-order valence-electron chi connectivity index (χ4n) is 3.86. The zero-order valence-corrected chi connectivity index (χ0v) is 13.9. The van der Waals surface area contributed by atoms with E-state index in [4.69, 9.17) is 18.6 Å². The highest BCUT2D eigenvalue weighted by atomic mass is 16.5. The molecule has 1 amide bonds. The molecule has 2 heterocycles. The average molecular weight is 331 g/mol. The van der Waals surface area contributed by atoms with Gasteiger partial charge in [-0.1, -0.05) is 12.1 Å². The molecule has 6 nitrogen and oxygen atoms in total. The zero-order chi connectivity index (χ0) is 16.7. The van der Waals surface area contributed by atoms with Crippen LogP contribution in [0.3, 0.4) is 0 Å². The van der Waals surface area contributed by atoms with Crippen molar-refractivity contribution in [1.82, 2.24) is 4.90 Å². The lowest BCUT2D eigenvalue weighted by molar-refractivity contribution is -0.0950. The molecule has 24 heavy (non-hydrogen) atoms.